The van der Waals surface area contributed by atoms with Crippen LogP contribution in [0.5, 0.6) is 5.75 Å². The lowest BCUT2D eigenvalue weighted by atomic mass is 10.2. The highest BCUT2D eigenvalue weighted by Crippen LogP contribution is 2.25. The average molecular weight is 282 g/mol. The van der Waals surface area contributed by atoms with Crippen LogP contribution in [0.15, 0.2) is 22.7 Å². The summed E-state index contributed by atoms with van der Waals surface area (Å²) >= 11 is 3.31. The molecule has 3 nitrogen and oxygen atoms in total. The summed E-state index contributed by atoms with van der Waals surface area (Å²) < 4.78 is 5.80. The van der Waals surface area contributed by atoms with Crippen LogP contribution in [-0.2, 0) is 0 Å². The van der Waals surface area contributed by atoms with Gasteiger partial charge in [-0.25, -0.2) is 0 Å². The number of halogens is 1. The molecule has 0 aromatic heterocycles. The first-order valence-electron chi connectivity index (χ1n) is 4.69. The monoisotopic (exact) mass is 281 g/mol. The fourth-order valence-corrected chi connectivity index (χ4v) is 1.67. The zero-order valence-electron chi connectivity index (χ0n) is 9.08. The molecule has 1 atom stereocenters. The van der Waals surface area contributed by atoms with Gasteiger partial charge in [0.15, 0.2) is 0 Å². The molecule has 0 bridgehead atoms. The fourth-order valence-electron chi connectivity index (χ4n) is 1.13. The summed E-state index contributed by atoms with van der Waals surface area (Å²) in [6, 6.07) is 4.81. The van der Waals surface area contributed by atoms with E-state index in [1.807, 2.05) is 0 Å². The number of benzene rings is 1. The molecule has 16 heavy (non-hydrogen) atoms. The molecule has 0 heterocycles. The van der Waals surface area contributed by atoms with E-state index in [9.17, 15) is 4.79 Å². The Labute approximate surface area is 103 Å². The molecule has 0 radical (unpaired) electrons. The van der Waals surface area contributed by atoms with Gasteiger partial charge in [0, 0.05) is 5.56 Å². The van der Waals surface area contributed by atoms with Gasteiger partial charge in [0.25, 0.3) is 5.91 Å². The molecule has 1 rings (SSSR count). The summed E-state index contributed by atoms with van der Waals surface area (Å²) in [7, 11) is 1.57. The number of carbonyl (C=O) groups excluding carboxylic acids is 1. The molecule has 4 heteroatoms. The fraction of sp³-hybridized carbons (Fsp3) is 0.250. The summed E-state index contributed by atoms with van der Waals surface area (Å²) in [5.74, 6) is 2.92. The van der Waals surface area contributed by atoms with Crippen LogP contribution in [0.3, 0.4) is 0 Å². The molecule has 0 aliphatic carbocycles. The van der Waals surface area contributed by atoms with E-state index in [4.69, 9.17) is 11.2 Å². The molecule has 0 saturated heterocycles. The first kappa shape index (κ1) is 12.6. The molecule has 0 aliphatic rings. The molecule has 84 valence electrons. The van der Waals surface area contributed by atoms with Gasteiger partial charge in [0.1, 0.15) is 5.75 Å². The van der Waals surface area contributed by atoms with Crippen molar-refractivity contribution in [2.75, 3.05) is 7.11 Å². The molecule has 1 aromatic rings. The summed E-state index contributed by atoms with van der Waals surface area (Å²) in [5.41, 5.74) is 0.537. The third-order valence-corrected chi connectivity index (χ3v) is 2.63. The SMILES string of the molecule is C#CC(C)NC(=O)c1ccc(OC)c(Br)c1. The largest absolute Gasteiger partial charge is 0.496 e. The minimum atomic E-state index is -0.284. The maximum atomic E-state index is 11.7. The van der Waals surface area contributed by atoms with E-state index in [1.165, 1.54) is 0 Å². The lowest BCUT2D eigenvalue weighted by Gasteiger charge is -2.09. The number of rotatable bonds is 3. The number of terminal acetylenes is 1. The number of methoxy groups -OCH3 is 1. The van der Waals surface area contributed by atoms with Crippen LogP contribution in [0.1, 0.15) is 17.3 Å². The Hall–Kier alpha value is -1.47. The van der Waals surface area contributed by atoms with Crippen molar-refractivity contribution in [1.82, 2.24) is 5.32 Å². The summed E-state index contributed by atoms with van der Waals surface area (Å²) in [4.78, 5) is 11.7. The molecule has 0 fully saturated rings. The predicted octanol–water partition coefficient (Wildman–Crippen LogP) is 2.21. The molecule has 1 aromatic carbocycles. The van der Waals surface area contributed by atoms with Crippen LogP contribution >= 0.6 is 15.9 Å². The van der Waals surface area contributed by atoms with E-state index < -0.39 is 0 Å². The van der Waals surface area contributed by atoms with Crippen LogP contribution in [0.25, 0.3) is 0 Å². The number of hydrogen-bond acceptors (Lipinski definition) is 2. The number of ether oxygens (including phenoxy) is 1. The normalized spacial score (nSPS) is 11.4. The van der Waals surface area contributed by atoms with Crippen LogP contribution in [0.4, 0.5) is 0 Å². The van der Waals surface area contributed by atoms with Gasteiger partial charge in [-0.1, -0.05) is 5.92 Å². The Morgan fingerprint density at radius 2 is 2.31 bits per heavy atom. The van der Waals surface area contributed by atoms with Crippen LogP contribution in [-0.4, -0.2) is 19.1 Å². The molecule has 0 saturated carbocycles. The van der Waals surface area contributed by atoms with Crippen molar-refractivity contribution in [2.24, 2.45) is 0 Å². The average Bonchev–Trinajstić information content (AvgIpc) is 2.28. The minimum Gasteiger partial charge on any atom is -0.496 e. The summed E-state index contributed by atoms with van der Waals surface area (Å²) in [5, 5.41) is 2.67. The Balaban J connectivity index is 2.86. The van der Waals surface area contributed by atoms with Gasteiger partial charge in [0.05, 0.1) is 17.6 Å². The van der Waals surface area contributed by atoms with Gasteiger partial charge >= 0.3 is 0 Å². The Morgan fingerprint density at radius 1 is 1.62 bits per heavy atom. The quantitative estimate of drug-likeness (QED) is 0.863. The van der Waals surface area contributed by atoms with Crippen molar-refractivity contribution in [3.05, 3.63) is 28.2 Å². The van der Waals surface area contributed by atoms with Crippen molar-refractivity contribution < 1.29 is 9.53 Å². The second-order valence-corrected chi connectivity index (χ2v) is 4.07. The first-order chi connectivity index (χ1) is 7.58. The van der Waals surface area contributed by atoms with Gasteiger partial charge in [-0.15, -0.1) is 6.42 Å². The van der Waals surface area contributed by atoms with Crippen molar-refractivity contribution in [3.63, 3.8) is 0 Å². The molecular weight excluding hydrogens is 270 g/mol. The summed E-state index contributed by atoms with van der Waals surface area (Å²) in [6.45, 7) is 1.75. The summed E-state index contributed by atoms with van der Waals surface area (Å²) in [6.07, 6.45) is 5.18. The topological polar surface area (TPSA) is 38.3 Å². The lowest BCUT2D eigenvalue weighted by molar-refractivity contribution is 0.0948. The second kappa shape index (κ2) is 5.57. The molecule has 0 spiro atoms. The van der Waals surface area contributed by atoms with Crippen LogP contribution in [0.2, 0.25) is 0 Å². The molecule has 1 N–H and O–H groups in total. The van der Waals surface area contributed by atoms with Gasteiger partial charge in [-0.05, 0) is 41.1 Å². The zero-order chi connectivity index (χ0) is 12.1. The number of hydrogen-bond donors (Lipinski definition) is 1. The Kier molecular flexibility index (Phi) is 4.39. The maximum absolute atomic E-state index is 11.7. The highest BCUT2D eigenvalue weighted by Gasteiger charge is 2.10. The molecular formula is C12H12BrNO2. The predicted molar refractivity (Wildman–Crippen MR) is 66.5 cm³/mol. The van der Waals surface area contributed by atoms with Gasteiger partial charge in [-0.3, -0.25) is 4.79 Å². The van der Waals surface area contributed by atoms with Crippen molar-refractivity contribution in [1.29, 1.82) is 0 Å². The van der Waals surface area contributed by atoms with Crippen molar-refractivity contribution >= 4 is 21.8 Å². The smallest absolute Gasteiger partial charge is 0.252 e. The van der Waals surface area contributed by atoms with Crippen molar-refractivity contribution in [3.8, 4) is 18.1 Å². The highest BCUT2D eigenvalue weighted by atomic mass is 79.9. The van der Waals surface area contributed by atoms with Gasteiger partial charge in [0.2, 0.25) is 0 Å². The van der Waals surface area contributed by atoms with Crippen LogP contribution in [0, 0.1) is 12.3 Å². The van der Waals surface area contributed by atoms with E-state index in [-0.39, 0.29) is 11.9 Å². The van der Waals surface area contributed by atoms with Crippen LogP contribution < -0.4 is 10.1 Å². The van der Waals surface area contributed by atoms with Gasteiger partial charge < -0.3 is 10.1 Å². The van der Waals surface area contributed by atoms with E-state index in [0.29, 0.717) is 11.3 Å². The lowest BCUT2D eigenvalue weighted by Crippen LogP contribution is -2.31. The molecule has 0 aliphatic heterocycles. The second-order valence-electron chi connectivity index (χ2n) is 3.21. The Bertz CT molecular complexity index is 437. The van der Waals surface area contributed by atoms with Crippen molar-refractivity contribution in [2.45, 2.75) is 13.0 Å². The van der Waals surface area contributed by atoms with E-state index in [0.717, 1.165) is 4.47 Å². The number of nitrogens with one attached hydrogen (secondary N) is 1. The molecule has 1 unspecified atom stereocenters. The third-order valence-electron chi connectivity index (χ3n) is 2.01. The standard InChI is InChI=1S/C12H12BrNO2/c1-4-8(2)14-12(15)9-5-6-11(16-3)10(13)7-9/h1,5-8H,2-3H3,(H,14,15). The first-order valence-corrected chi connectivity index (χ1v) is 5.48. The number of carbonyl (C=O) groups is 1. The maximum Gasteiger partial charge on any atom is 0.252 e. The zero-order valence-corrected chi connectivity index (χ0v) is 10.7. The van der Waals surface area contributed by atoms with E-state index in [1.54, 1.807) is 32.2 Å². The highest BCUT2D eigenvalue weighted by molar-refractivity contribution is 9.10. The Morgan fingerprint density at radius 3 is 2.81 bits per heavy atom. The van der Waals surface area contributed by atoms with E-state index in [2.05, 4.69) is 27.2 Å². The van der Waals surface area contributed by atoms with Gasteiger partial charge in [-0.2, -0.15) is 0 Å². The third kappa shape index (κ3) is 3.01. The number of amides is 1. The van der Waals surface area contributed by atoms with E-state index >= 15 is 0 Å². The minimum absolute atomic E-state index is 0.200. The molecule has 1 amide bonds.